The van der Waals surface area contributed by atoms with Crippen molar-refractivity contribution in [3.63, 3.8) is 0 Å². The van der Waals surface area contributed by atoms with Crippen molar-refractivity contribution in [3.8, 4) is 0 Å². The average Bonchev–Trinajstić information content (AvgIpc) is 2.49. The molecule has 0 aliphatic rings. The molecule has 0 spiro atoms. The Morgan fingerprint density at radius 2 is 0.923 bits per heavy atom. The Kier molecular flexibility index (Phi) is 28.4. The van der Waals surface area contributed by atoms with E-state index in [1.54, 1.807) is 0 Å². The van der Waals surface area contributed by atoms with E-state index >= 15 is 0 Å². The van der Waals surface area contributed by atoms with Gasteiger partial charge in [-0.25, -0.2) is 4.57 Å². The summed E-state index contributed by atoms with van der Waals surface area (Å²) < 4.78 is 8.88. The number of carbonyl (C=O) groups is 1. The van der Waals surface area contributed by atoms with Crippen LogP contribution in [0.4, 0.5) is 0 Å². The van der Waals surface area contributed by atoms with Crippen LogP contribution >= 0.6 is 7.82 Å². The maximum atomic E-state index is 10.2. The summed E-state index contributed by atoms with van der Waals surface area (Å²) in [7, 11) is -4.64. The molecule has 0 unspecified atom stereocenters. The van der Waals surface area contributed by atoms with Gasteiger partial charge < -0.3 is 24.6 Å². The summed E-state index contributed by atoms with van der Waals surface area (Å²) in [5.41, 5.74) is 0. The van der Waals surface area contributed by atoms with Crippen molar-refractivity contribution in [3.05, 3.63) is 0 Å². The maximum absolute atomic E-state index is 10.2. The minimum atomic E-state index is -4.64. The molecule has 0 aromatic heterocycles. The molecule has 6 nitrogen and oxygen atoms in total. The number of carbonyl (C=O) groups excluding carboxylic acids is 1. The van der Waals surface area contributed by atoms with Gasteiger partial charge in [0.15, 0.2) is 0 Å². The first kappa shape index (κ1) is 31.3. The Morgan fingerprint density at radius 1 is 0.692 bits per heavy atom. The van der Waals surface area contributed by atoms with E-state index in [1.165, 1.54) is 83.5 Å². The maximum Gasteiger partial charge on any atom is 1.00 e. The molecule has 152 valence electrons. The van der Waals surface area contributed by atoms with Crippen molar-refractivity contribution in [2.75, 3.05) is 0 Å². The summed E-state index contributed by atoms with van der Waals surface area (Å²) in [5.74, 6) is -0.903. The summed E-state index contributed by atoms with van der Waals surface area (Å²) in [5, 5.41) is 10.2. The third-order valence-electron chi connectivity index (χ3n) is 3.98. The van der Waals surface area contributed by atoms with Crippen LogP contribution in [-0.4, -0.2) is 20.6 Å². The van der Waals surface area contributed by atoms with E-state index in [0.29, 0.717) is 0 Å². The second-order valence-electron chi connectivity index (χ2n) is 6.59. The average molecular weight is 404 g/mol. The quantitative estimate of drug-likeness (QED) is 0.201. The van der Waals surface area contributed by atoms with Crippen LogP contribution in [0.2, 0.25) is 0 Å². The minimum Gasteiger partial charge on any atom is -0.550 e. The summed E-state index contributed by atoms with van der Waals surface area (Å²) >= 11 is 0. The third kappa shape index (κ3) is 44.2. The molecule has 0 bridgehead atoms. The van der Waals surface area contributed by atoms with Crippen molar-refractivity contribution in [1.82, 2.24) is 0 Å². The first-order valence-electron chi connectivity index (χ1n) is 9.75. The zero-order chi connectivity index (χ0) is 19.4. The van der Waals surface area contributed by atoms with E-state index in [4.69, 9.17) is 19.2 Å². The number of phosphoric acid groups is 1. The molecule has 0 saturated carbocycles. The first-order chi connectivity index (χ1) is 11.8. The van der Waals surface area contributed by atoms with Crippen LogP contribution in [0, 0.1) is 0 Å². The second kappa shape index (κ2) is 23.6. The second-order valence-corrected chi connectivity index (χ2v) is 7.61. The molecule has 0 atom stereocenters. The standard InChI is InChI=1S/C18H36O2.Na.H3O4P/c1-2-3-4-5-6-7-8-9-10-11-12-13-14-15-16-17-18(19)20;;1-5(2,3)4/h2-17H2,1H3,(H,19,20);;(H3,1,2,3,4)/q;+1;/p-1. The fourth-order valence-corrected chi connectivity index (χ4v) is 2.64. The minimum absolute atomic E-state index is 0. The molecule has 8 heteroatoms. The largest absolute Gasteiger partial charge is 1.00 e. The van der Waals surface area contributed by atoms with Gasteiger partial charge in [-0.2, -0.15) is 0 Å². The van der Waals surface area contributed by atoms with E-state index in [1.807, 2.05) is 0 Å². The molecule has 0 heterocycles. The van der Waals surface area contributed by atoms with Gasteiger partial charge in [-0.15, -0.1) is 0 Å². The monoisotopic (exact) mass is 404 g/mol. The molecule has 26 heavy (non-hydrogen) atoms. The summed E-state index contributed by atoms with van der Waals surface area (Å²) in [6.45, 7) is 2.27. The fourth-order valence-electron chi connectivity index (χ4n) is 2.64. The Balaban J connectivity index is -0.000000772. The molecule has 0 aromatic carbocycles. The van der Waals surface area contributed by atoms with Gasteiger partial charge in [0.25, 0.3) is 0 Å². The van der Waals surface area contributed by atoms with Crippen LogP contribution in [-0.2, 0) is 9.36 Å². The molecule has 0 aromatic rings. The third-order valence-corrected chi connectivity index (χ3v) is 3.98. The number of hydrogen-bond acceptors (Lipinski definition) is 3. The topological polar surface area (TPSA) is 118 Å². The fraction of sp³-hybridized carbons (Fsp3) is 0.944. The Bertz CT molecular complexity index is 327. The summed E-state index contributed by atoms with van der Waals surface area (Å²) in [4.78, 5) is 31.8. The van der Waals surface area contributed by atoms with Crippen LogP contribution in [0.1, 0.15) is 110 Å². The number of unbranched alkanes of at least 4 members (excludes halogenated alkanes) is 14. The van der Waals surface area contributed by atoms with Crippen molar-refractivity contribution >= 4 is 13.8 Å². The van der Waals surface area contributed by atoms with Gasteiger partial charge in [-0.1, -0.05) is 96.8 Å². The summed E-state index contributed by atoms with van der Waals surface area (Å²) in [6.07, 6.45) is 19.9. The van der Waals surface area contributed by atoms with E-state index in [2.05, 4.69) is 6.92 Å². The molecule has 0 fully saturated rings. The van der Waals surface area contributed by atoms with E-state index < -0.39 is 13.8 Å². The van der Waals surface area contributed by atoms with Crippen LogP contribution in [0.3, 0.4) is 0 Å². The van der Waals surface area contributed by atoms with E-state index in [0.717, 1.165) is 12.8 Å². The molecule has 0 rings (SSSR count). The number of carboxylic acid groups (broad SMARTS) is 1. The van der Waals surface area contributed by atoms with Crippen LogP contribution < -0.4 is 34.7 Å². The number of aliphatic carboxylic acids is 1. The van der Waals surface area contributed by atoms with Crippen molar-refractivity contribution in [2.45, 2.75) is 110 Å². The van der Waals surface area contributed by atoms with Gasteiger partial charge in [-0.05, 0) is 12.8 Å². The molecule has 0 radical (unpaired) electrons. The van der Waals surface area contributed by atoms with Gasteiger partial charge in [0.05, 0.1) is 0 Å². The Labute approximate surface area is 181 Å². The number of hydrogen-bond donors (Lipinski definition) is 3. The molecule has 0 aliphatic carbocycles. The smallest absolute Gasteiger partial charge is 0.550 e. The van der Waals surface area contributed by atoms with Crippen LogP contribution in [0.25, 0.3) is 0 Å². The zero-order valence-electron chi connectivity index (χ0n) is 16.8. The molecular weight excluding hydrogens is 366 g/mol. The first-order valence-corrected chi connectivity index (χ1v) is 11.3. The number of carboxylic acids is 1. The molecule has 0 saturated heterocycles. The predicted molar refractivity (Wildman–Crippen MR) is 98.8 cm³/mol. The Morgan fingerprint density at radius 3 is 1.15 bits per heavy atom. The van der Waals surface area contributed by atoms with Gasteiger partial charge in [0, 0.05) is 5.97 Å². The van der Waals surface area contributed by atoms with Gasteiger partial charge >= 0.3 is 37.4 Å². The van der Waals surface area contributed by atoms with Gasteiger partial charge in [0.2, 0.25) is 0 Å². The Hall–Kier alpha value is 0.580. The summed E-state index contributed by atoms with van der Waals surface area (Å²) in [6, 6.07) is 0. The van der Waals surface area contributed by atoms with Crippen molar-refractivity contribution in [1.29, 1.82) is 0 Å². The van der Waals surface area contributed by atoms with E-state index in [-0.39, 0.29) is 36.0 Å². The normalized spacial score (nSPS) is 10.6. The molecule has 0 aliphatic heterocycles. The predicted octanol–water partition coefficient (Wildman–Crippen LogP) is 1.07. The van der Waals surface area contributed by atoms with E-state index in [9.17, 15) is 9.90 Å². The molecular formula is C18H38NaO6P. The van der Waals surface area contributed by atoms with Crippen molar-refractivity contribution in [2.24, 2.45) is 0 Å². The molecule has 3 N–H and O–H groups in total. The van der Waals surface area contributed by atoms with Crippen LogP contribution in [0.15, 0.2) is 0 Å². The van der Waals surface area contributed by atoms with Crippen molar-refractivity contribution < 1.29 is 58.7 Å². The molecule has 0 amide bonds. The van der Waals surface area contributed by atoms with Gasteiger partial charge in [-0.3, -0.25) is 0 Å². The SMILES string of the molecule is CCCCCCCCCCCCCCCCCC(=O)[O-].O=P(O)(O)O.[Na+]. The van der Waals surface area contributed by atoms with Gasteiger partial charge in [0.1, 0.15) is 0 Å². The van der Waals surface area contributed by atoms with Crippen LogP contribution in [0.5, 0.6) is 0 Å². The number of rotatable bonds is 16. The zero-order valence-corrected chi connectivity index (χ0v) is 19.7.